The summed E-state index contributed by atoms with van der Waals surface area (Å²) in [6.45, 7) is 10.1. The van der Waals surface area contributed by atoms with Crippen LogP contribution < -0.4 is 0 Å². The van der Waals surface area contributed by atoms with Crippen molar-refractivity contribution in [3.8, 4) is 33.0 Å². The molecule has 0 aliphatic rings. The Balaban J connectivity index is 0.000000682. The Kier molecular flexibility index (Phi) is 8.64. The molecule has 3 aromatic carbocycles. The highest BCUT2D eigenvalue weighted by atomic mass is 35.5. The Bertz CT molecular complexity index is 1930. The minimum absolute atomic E-state index is 0.0660. The van der Waals surface area contributed by atoms with Crippen LogP contribution in [-0.4, -0.2) is 41.5 Å². The van der Waals surface area contributed by atoms with Crippen LogP contribution in [0.25, 0.3) is 54.1 Å². The average Bonchev–Trinajstić information content (AvgIpc) is 3.56. The minimum Gasteiger partial charge on any atom is -0.481 e. The van der Waals surface area contributed by atoms with E-state index in [-0.39, 0.29) is 6.42 Å². The molecule has 7 nitrogen and oxygen atoms in total. The highest BCUT2D eigenvalue weighted by Crippen LogP contribution is 2.41. The maximum absolute atomic E-state index is 11.7. The zero-order valence-electron chi connectivity index (χ0n) is 24.7. The fourth-order valence-electron chi connectivity index (χ4n) is 4.78. The number of nitrogens with zero attached hydrogens (tertiary/aromatic N) is 4. The zero-order chi connectivity index (χ0) is 30.9. The van der Waals surface area contributed by atoms with Crippen LogP contribution in [0.15, 0.2) is 73.1 Å². The number of pyridine rings is 1. The molecule has 6 aromatic rings. The molecule has 43 heavy (non-hydrogen) atoms. The van der Waals surface area contributed by atoms with E-state index in [1.54, 1.807) is 38.3 Å². The summed E-state index contributed by atoms with van der Waals surface area (Å²) in [6.07, 6.45) is 3.78. The molecule has 2 N–H and O–H groups in total. The van der Waals surface area contributed by atoms with Crippen molar-refractivity contribution in [2.24, 2.45) is 0 Å². The van der Waals surface area contributed by atoms with Crippen molar-refractivity contribution in [3.05, 3.63) is 89.2 Å². The molecule has 0 saturated heterocycles. The third kappa shape index (κ3) is 7.10. The molecule has 0 saturated carbocycles. The molecule has 0 aliphatic carbocycles. The fourth-order valence-corrected chi connectivity index (χ4v) is 6.04. The van der Waals surface area contributed by atoms with Gasteiger partial charge in [0.1, 0.15) is 5.01 Å². The fraction of sp³-hybridized carbons (Fsp3) is 0.235. The predicted octanol–water partition coefficient (Wildman–Crippen LogP) is 8.43. The maximum Gasteiger partial charge on any atom is 0.307 e. The molecule has 6 rings (SSSR count). The van der Waals surface area contributed by atoms with Crippen LogP contribution >= 0.6 is 22.9 Å². The molecular formula is C34H33ClN4O3S. The highest BCUT2D eigenvalue weighted by molar-refractivity contribution is 7.22. The molecule has 0 spiro atoms. The van der Waals surface area contributed by atoms with E-state index in [0.717, 1.165) is 71.7 Å². The van der Waals surface area contributed by atoms with Crippen molar-refractivity contribution in [1.82, 2.24) is 19.7 Å². The Labute approximate surface area is 259 Å². The van der Waals surface area contributed by atoms with Gasteiger partial charge in [-0.1, -0.05) is 29.8 Å². The summed E-state index contributed by atoms with van der Waals surface area (Å²) >= 11 is 7.71. The van der Waals surface area contributed by atoms with Crippen molar-refractivity contribution in [1.29, 1.82) is 0 Å². The molecule has 0 amide bonds. The van der Waals surface area contributed by atoms with E-state index in [1.165, 1.54) is 0 Å². The van der Waals surface area contributed by atoms with Gasteiger partial charge >= 0.3 is 5.97 Å². The molecule has 0 fully saturated rings. The van der Waals surface area contributed by atoms with Gasteiger partial charge in [0.25, 0.3) is 0 Å². The highest BCUT2D eigenvalue weighted by Gasteiger charge is 2.20. The molecule has 0 aliphatic heterocycles. The van der Waals surface area contributed by atoms with Gasteiger partial charge in [-0.05, 0) is 93.8 Å². The van der Waals surface area contributed by atoms with Gasteiger partial charge in [0.2, 0.25) is 0 Å². The Morgan fingerprint density at radius 1 is 0.977 bits per heavy atom. The summed E-state index contributed by atoms with van der Waals surface area (Å²) in [7, 11) is 0. The SMILES string of the molecule is CC(C)(C)O.CCn1cc2cc(-c3cc(-c4nc5cc(C)c(CC(=O)O)c(-c6ccc(Cl)cc6)c5s4)ccn3)ccc2n1. The van der Waals surface area contributed by atoms with Crippen LogP contribution in [0.5, 0.6) is 0 Å². The smallest absolute Gasteiger partial charge is 0.307 e. The third-order valence-electron chi connectivity index (χ3n) is 6.65. The summed E-state index contributed by atoms with van der Waals surface area (Å²) in [5, 5.41) is 25.3. The van der Waals surface area contributed by atoms with Crippen LogP contribution in [0.3, 0.4) is 0 Å². The summed E-state index contributed by atoms with van der Waals surface area (Å²) in [5.74, 6) is -0.868. The Morgan fingerprint density at radius 3 is 2.35 bits per heavy atom. The number of hydrogen-bond donors (Lipinski definition) is 2. The van der Waals surface area contributed by atoms with Crippen LogP contribution in [-0.2, 0) is 17.8 Å². The molecule has 220 valence electrons. The number of fused-ring (bicyclic) bond motifs is 2. The first-order valence-corrected chi connectivity index (χ1v) is 15.2. The predicted molar refractivity (Wildman–Crippen MR) is 176 cm³/mol. The van der Waals surface area contributed by atoms with Crippen LogP contribution in [0.4, 0.5) is 0 Å². The lowest BCUT2D eigenvalue weighted by molar-refractivity contribution is -0.136. The van der Waals surface area contributed by atoms with Gasteiger partial charge in [0, 0.05) is 46.0 Å². The molecular weight excluding hydrogens is 580 g/mol. The number of hydrogen-bond acceptors (Lipinski definition) is 6. The lowest BCUT2D eigenvalue weighted by Gasteiger charge is -2.13. The van der Waals surface area contributed by atoms with Crippen molar-refractivity contribution >= 4 is 50.0 Å². The van der Waals surface area contributed by atoms with Crippen LogP contribution in [0, 0.1) is 6.92 Å². The summed E-state index contributed by atoms with van der Waals surface area (Å²) in [6, 6.07) is 19.7. The molecule has 9 heteroatoms. The van der Waals surface area contributed by atoms with Gasteiger partial charge in [0.05, 0.1) is 33.4 Å². The number of thiazole rings is 1. The first-order valence-electron chi connectivity index (χ1n) is 14.0. The number of aryl methyl sites for hydroxylation is 2. The number of aliphatic carboxylic acids is 1. The second-order valence-corrected chi connectivity index (χ2v) is 12.8. The molecule has 3 heterocycles. The number of carbonyl (C=O) groups is 1. The third-order valence-corrected chi connectivity index (χ3v) is 8.04. The van der Waals surface area contributed by atoms with Crippen molar-refractivity contribution in [2.45, 2.75) is 53.2 Å². The minimum atomic E-state index is -0.868. The number of halogens is 1. The van der Waals surface area contributed by atoms with Crippen LogP contribution in [0.1, 0.15) is 38.8 Å². The second-order valence-electron chi connectivity index (χ2n) is 11.4. The van der Waals surface area contributed by atoms with E-state index in [2.05, 4.69) is 29.1 Å². The average molecular weight is 613 g/mol. The molecule has 0 unspecified atom stereocenters. The molecule has 0 radical (unpaired) electrons. The van der Waals surface area contributed by atoms with Crippen molar-refractivity contribution in [2.75, 3.05) is 0 Å². The van der Waals surface area contributed by atoms with Crippen molar-refractivity contribution in [3.63, 3.8) is 0 Å². The first-order chi connectivity index (χ1) is 20.4. The number of carboxylic acid groups (broad SMARTS) is 1. The quantitative estimate of drug-likeness (QED) is 0.196. The van der Waals surface area contributed by atoms with Gasteiger partial charge in [-0.15, -0.1) is 11.3 Å². The van der Waals surface area contributed by atoms with Crippen LogP contribution in [0.2, 0.25) is 5.02 Å². The van der Waals surface area contributed by atoms with Gasteiger partial charge < -0.3 is 10.2 Å². The van der Waals surface area contributed by atoms with Crippen molar-refractivity contribution < 1.29 is 15.0 Å². The first kappa shape index (κ1) is 30.4. The van der Waals surface area contributed by atoms with E-state index in [4.69, 9.17) is 21.7 Å². The number of aliphatic hydroxyl groups is 1. The summed E-state index contributed by atoms with van der Waals surface area (Å²) < 4.78 is 2.88. The standard InChI is InChI=1S/C30H23ClN4O2S.C4H10O/c1-3-35-16-21-13-19(6-9-24(21)34-35)25-14-20(10-11-32-25)30-33-26-12-17(2)23(15-27(36)37)28(29(26)38-30)18-4-7-22(31)8-5-18;1-4(2,3)5/h4-14,16H,3,15H2,1-2H3,(H,36,37);5H,1-3H3. The Morgan fingerprint density at radius 2 is 1.67 bits per heavy atom. The van der Waals surface area contributed by atoms with Gasteiger partial charge in [-0.3, -0.25) is 14.5 Å². The largest absolute Gasteiger partial charge is 0.481 e. The number of aromatic nitrogens is 4. The zero-order valence-corrected chi connectivity index (χ0v) is 26.3. The number of carboxylic acids is 1. The monoisotopic (exact) mass is 612 g/mol. The molecule has 3 aromatic heterocycles. The Hall–Kier alpha value is -4.11. The maximum atomic E-state index is 11.7. The topological polar surface area (TPSA) is 101 Å². The summed E-state index contributed by atoms with van der Waals surface area (Å²) in [5.41, 5.74) is 7.64. The van der Waals surface area contributed by atoms with E-state index in [1.807, 2.05) is 66.3 Å². The van der Waals surface area contributed by atoms with E-state index >= 15 is 0 Å². The number of rotatable bonds is 6. The lowest BCUT2D eigenvalue weighted by atomic mass is 9.93. The molecule has 0 bridgehead atoms. The van der Waals surface area contributed by atoms with Gasteiger partial charge in [-0.25, -0.2) is 4.98 Å². The lowest BCUT2D eigenvalue weighted by Crippen LogP contribution is -2.10. The normalized spacial score (nSPS) is 11.5. The van der Waals surface area contributed by atoms with E-state index in [9.17, 15) is 9.90 Å². The second kappa shape index (κ2) is 12.2. The summed E-state index contributed by atoms with van der Waals surface area (Å²) in [4.78, 5) is 21.3. The van der Waals surface area contributed by atoms with E-state index in [0.29, 0.717) is 5.02 Å². The van der Waals surface area contributed by atoms with Gasteiger partial charge in [0.15, 0.2) is 0 Å². The van der Waals surface area contributed by atoms with Gasteiger partial charge in [-0.2, -0.15) is 5.10 Å². The van der Waals surface area contributed by atoms with E-state index < -0.39 is 11.6 Å². The molecule has 0 atom stereocenters. The number of benzene rings is 3.